The average Bonchev–Trinajstić information content (AvgIpc) is 2.91. The maximum atomic E-state index is 12.9. The van der Waals surface area contributed by atoms with Gasteiger partial charge in [0.15, 0.2) is 0 Å². The van der Waals surface area contributed by atoms with Gasteiger partial charge in [0.05, 0.1) is 17.4 Å². The molecule has 1 saturated heterocycles. The minimum atomic E-state index is -4.50. The SMILES string of the molecule is CC(O)CC1CCCN1CCC(=O)Nc1ccccc1C(F)(F)F. The van der Waals surface area contributed by atoms with Crippen LogP contribution in [0.25, 0.3) is 0 Å². The first-order chi connectivity index (χ1) is 11.3. The molecule has 0 saturated carbocycles. The highest BCUT2D eigenvalue weighted by atomic mass is 19.4. The molecule has 1 aliphatic heterocycles. The molecule has 1 heterocycles. The summed E-state index contributed by atoms with van der Waals surface area (Å²) in [4.78, 5) is 14.1. The number of hydrogen-bond acceptors (Lipinski definition) is 3. The fourth-order valence-corrected chi connectivity index (χ4v) is 3.15. The summed E-state index contributed by atoms with van der Waals surface area (Å²) < 4.78 is 38.8. The highest BCUT2D eigenvalue weighted by Gasteiger charge is 2.33. The van der Waals surface area contributed by atoms with E-state index in [9.17, 15) is 23.1 Å². The lowest BCUT2D eigenvalue weighted by atomic mass is 10.1. The van der Waals surface area contributed by atoms with Gasteiger partial charge in [0.2, 0.25) is 5.91 Å². The zero-order valence-electron chi connectivity index (χ0n) is 13.6. The highest BCUT2D eigenvalue weighted by molar-refractivity contribution is 5.91. The number of carbonyl (C=O) groups is 1. The topological polar surface area (TPSA) is 52.6 Å². The number of nitrogens with one attached hydrogen (secondary N) is 1. The Morgan fingerprint density at radius 3 is 2.79 bits per heavy atom. The van der Waals surface area contributed by atoms with Crippen molar-refractivity contribution in [3.63, 3.8) is 0 Å². The summed E-state index contributed by atoms with van der Waals surface area (Å²) in [6, 6.07) is 5.20. The Labute approximate surface area is 139 Å². The van der Waals surface area contributed by atoms with E-state index < -0.39 is 23.8 Å². The molecule has 1 aromatic carbocycles. The number of benzene rings is 1. The van der Waals surface area contributed by atoms with Crippen LogP contribution in [-0.2, 0) is 11.0 Å². The fourth-order valence-electron chi connectivity index (χ4n) is 3.15. The van der Waals surface area contributed by atoms with Crippen molar-refractivity contribution >= 4 is 11.6 Å². The second-order valence-electron chi connectivity index (χ2n) is 6.26. The molecule has 0 bridgehead atoms. The van der Waals surface area contributed by atoms with Crippen molar-refractivity contribution in [2.24, 2.45) is 0 Å². The molecule has 0 radical (unpaired) electrons. The molecule has 24 heavy (non-hydrogen) atoms. The lowest BCUT2D eigenvalue weighted by Crippen LogP contribution is -2.34. The number of carbonyl (C=O) groups excluding carboxylic acids is 1. The summed E-state index contributed by atoms with van der Waals surface area (Å²) >= 11 is 0. The molecule has 134 valence electrons. The zero-order chi connectivity index (χ0) is 17.7. The van der Waals surface area contributed by atoms with Crippen LogP contribution in [0.2, 0.25) is 0 Å². The average molecular weight is 344 g/mol. The molecule has 1 fully saturated rings. The van der Waals surface area contributed by atoms with Crippen LogP contribution in [0.5, 0.6) is 0 Å². The first-order valence-corrected chi connectivity index (χ1v) is 8.15. The number of anilines is 1. The van der Waals surface area contributed by atoms with Gasteiger partial charge in [-0.3, -0.25) is 9.69 Å². The van der Waals surface area contributed by atoms with Crippen LogP contribution in [0.15, 0.2) is 24.3 Å². The number of aliphatic hydroxyl groups is 1. The van der Waals surface area contributed by atoms with Gasteiger partial charge < -0.3 is 10.4 Å². The van der Waals surface area contributed by atoms with E-state index in [0.29, 0.717) is 13.0 Å². The molecule has 4 nitrogen and oxygen atoms in total. The zero-order valence-corrected chi connectivity index (χ0v) is 13.6. The molecule has 1 amide bonds. The lowest BCUT2D eigenvalue weighted by molar-refractivity contribution is -0.137. The van der Waals surface area contributed by atoms with Crippen LogP contribution in [0.4, 0.5) is 18.9 Å². The van der Waals surface area contributed by atoms with Crippen molar-refractivity contribution in [1.29, 1.82) is 0 Å². The van der Waals surface area contributed by atoms with Crippen LogP contribution in [0.1, 0.15) is 38.2 Å². The van der Waals surface area contributed by atoms with E-state index in [1.807, 2.05) is 0 Å². The second-order valence-corrected chi connectivity index (χ2v) is 6.26. The number of rotatable bonds is 6. The number of nitrogens with zero attached hydrogens (tertiary/aromatic N) is 1. The number of para-hydroxylation sites is 1. The van der Waals surface area contributed by atoms with Crippen LogP contribution in [-0.4, -0.2) is 41.1 Å². The van der Waals surface area contributed by atoms with Crippen molar-refractivity contribution in [3.8, 4) is 0 Å². The van der Waals surface area contributed by atoms with Gasteiger partial charge in [-0.1, -0.05) is 12.1 Å². The smallest absolute Gasteiger partial charge is 0.393 e. The maximum absolute atomic E-state index is 12.9. The van der Waals surface area contributed by atoms with Crippen LogP contribution < -0.4 is 5.32 Å². The third-order valence-corrected chi connectivity index (χ3v) is 4.24. The van der Waals surface area contributed by atoms with Crippen molar-refractivity contribution < 1.29 is 23.1 Å². The van der Waals surface area contributed by atoms with Crippen LogP contribution in [0.3, 0.4) is 0 Å². The molecule has 0 aliphatic carbocycles. The summed E-state index contributed by atoms with van der Waals surface area (Å²) in [6.45, 7) is 3.07. The van der Waals surface area contributed by atoms with Crippen LogP contribution >= 0.6 is 0 Å². The van der Waals surface area contributed by atoms with Crippen molar-refractivity contribution in [3.05, 3.63) is 29.8 Å². The summed E-state index contributed by atoms with van der Waals surface area (Å²) in [5.41, 5.74) is -1.05. The molecule has 2 atom stereocenters. The second kappa shape index (κ2) is 7.98. The predicted octanol–water partition coefficient (Wildman–Crippen LogP) is 3.27. The first-order valence-electron chi connectivity index (χ1n) is 8.15. The molecule has 2 unspecified atom stereocenters. The molecule has 2 N–H and O–H groups in total. The largest absolute Gasteiger partial charge is 0.418 e. The summed E-state index contributed by atoms with van der Waals surface area (Å²) in [5, 5.41) is 11.9. The Morgan fingerprint density at radius 2 is 2.12 bits per heavy atom. The van der Waals surface area contributed by atoms with Gasteiger partial charge >= 0.3 is 6.18 Å². The standard InChI is InChI=1S/C17H23F3N2O2/c1-12(23)11-13-5-4-9-22(13)10-8-16(24)21-15-7-3-2-6-14(15)17(18,19)20/h2-3,6-7,12-13,23H,4-5,8-11H2,1H3,(H,21,24). The molecular formula is C17H23F3N2O2. The summed E-state index contributed by atoms with van der Waals surface area (Å²) in [6.07, 6.45) is -2.13. The third-order valence-electron chi connectivity index (χ3n) is 4.24. The normalized spacial score (nSPS) is 20.1. The van der Waals surface area contributed by atoms with Crippen molar-refractivity contribution in [1.82, 2.24) is 4.90 Å². The van der Waals surface area contributed by atoms with Gasteiger partial charge in [0.1, 0.15) is 0 Å². The van der Waals surface area contributed by atoms with Gasteiger partial charge in [-0.05, 0) is 44.9 Å². The molecule has 1 aliphatic rings. The monoisotopic (exact) mass is 344 g/mol. The molecule has 7 heteroatoms. The number of hydrogen-bond donors (Lipinski definition) is 2. The van der Waals surface area contributed by atoms with E-state index in [1.165, 1.54) is 18.2 Å². The Morgan fingerprint density at radius 1 is 1.42 bits per heavy atom. The van der Waals surface area contributed by atoms with Crippen molar-refractivity contribution in [2.75, 3.05) is 18.4 Å². The van der Waals surface area contributed by atoms with Crippen molar-refractivity contribution in [2.45, 2.75) is 50.9 Å². The third kappa shape index (κ3) is 5.21. The van der Waals surface area contributed by atoms with Gasteiger partial charge in [0, 0.05) is 19.0 Å². The number of aliphatic hydroxyl groups excluding tert-OH is 1. The quantitative estimate of drug-likeness (QED) is 0.833. The molecular weight excluding hydrogens is 321 g/mol. The molecule has 0 spiro atoms. The van der Waals surface area contributed by atoms with Gasteiger partial charge in [-0.25, -0.2) is 0 Å². The van der Waals surface area contributed by atoms with Gasteiger partial charge in [-0.2, -0.15) is 13.2 Å². The maximum Gasteiger partial charge on any atom is 0.418 e. The number of likely N-dealkylation sites (tertiary alicyclic amines) is 1. The van der Waals surface area contributed by atoms with Crippen LogP contribution in [0, 0.1) is 0 Å². The highest BCUT2D eigenvalue weighted by Crippen LogP contribution is 2.34. The predicted molar refractivity (Wildman–Crippen MR) is 85.6 cm³/mol. The lowest BCUT2D eigenvalue weighted by Gasteiger charge is -2.25. The van der Waals surface area contributed by atoms with E-state index in [0.717, 1.165) is 25.5 Å². The Hall–Kier alpha value is -1.60. The van der Waals surface area contributed by atoms with E-state index in [-0.39, 0.29) is 18.2 Å². The van der Waals surface area contributed by atoms with E-state index in [4.69, 9.17) is 0 Å². The minimum absolute atomic E-state index is 0.127. The number of amides is 1. The Balaban J connectivity index is 1.90. The van der Waals surface area contributed by atoms with E-state index >= 15 is 0 Å². The van der Waals surface area contributed by atoms with E-state index in [1.54, 1.807) is 6.92 Å². The Kier molecular flexibility index (Phi) is 6.23. The fraction of sp³-hybridized carbons (Fsp3) is 0.588. The first kappa shape index (κ1) is 18.7. The molecule has 0 aromatic heterocycles. The summed E-state index contributed by atoms with van der Waals surface area (Å²) in [5.74, 6) is -0.436. The number of halogens is 3. The molecule has 2 rings (SSSR count). The van der Waals surface area contributed by atoms with E-state index in [2.05, 4.69) is 10.2 Å². The number of alkyl halides is 3. The minimum Gasteiger partial charge on any atom is -0.393 e. The van der Waals surface area contributed by atoms with Gasteiger partial charge in [-0.15, -0.1) is 0 Å². The van der Waals surface area contributed by atoms with Gasteiger partial charge in [0.25, 0.3) is 0 Å². The molecule has 1 aromatic rings. The Bertz CT molecular complexity index is 561. The summed E-state index contributed by atoms with van der Waals surface area (Å²) in [7, 11) is 0.